The molecule has 0 radical (unpaired) electrons. The van der Waals surface area contributed by atoms with Crippen LogP contribution in [-0.4, -0.2) is 7.11 Å². The van der Waals surface area contributed by atoms with Gasteiger partial charge in [-0.25, -0.2) is 4.39 Å². The highest BCUT2D eigenvalue weighted by atomic mass is 19.1. The maximum Gasteiger partial charge on any atom is 0.123 e. The molecule has 2 aliphatic carbocycles. The third-order valence-corrected chi connectivity index (χ3v) is 4.69. The molecule has 0 amide bonds. The fourth-order valence-corrected chi connectivity index (χ4v) is 3.75. The van der Waals surface area contributed by atoms with Gasteiger partial charge in [0, 0.05) is 11.6 Å². The number of halogens is 1. The Bertz CT molecular complexity index is 436. The minimum Gasteiger partial charge on any atom is -0.496 e. The average molecular weight is 249 g/mol. The van der Waals surface area contributed by atoms with Gasteiger partial charge < -0.3 is 10.5 Å². The van der Waals surface area contributed by atoms with Crippen LogP contribution in [0.5, 0.6) is 5.75 Å². The highest BCUT2D eigenvalue weighted by molar-refractivity contribution is 5.38. The van der Waals surface area contributed by atoms with E-state index in [4.69, 9.17) is 10.5 Å². The Morgan fingerprint density at radius 1 is 1.28 bits per heavy atom. The number of ether oxygens (including phenoxy) is 1. The molecule has 2 fully saturated rings. The van der Waals surface area contributed by atoms with E-state index >= 15 is 0 Å². The molecule has 2 saturated carbocycles. The van der Waals surface area contributed by atoms with Gasteiger partial charge in [-0.3, -0.25) is 0 Å². The van der Waals surface area contributed by atoms with Crippen molar-refractivity contribution in [2.24, 2.45) is 23.5 Å². The fraction of sp³-hybridized carbons (Fsp3) is 0.600. The van der Waals surface area contributed by atoms with Crippen molar-refractivity contribution in [1.29, 1.82) is 0 Å². The first-order chi connectivity index (χ1) is 8.72. The molecule has 1 aromatic carbocycles. The summed E-state index contributed by atoms with van der Waals surface area (Å²) in [4.78, 5) is 0. The van der Waals surface area contributed by atoms with Crippen molar-refractivity contribution in [1.82, 2.24) is 0 Å². The summed E-state index contributed by atoms with van der Waals surface area (Å²) in [5.74, 6) is 2.55. The van der Waals surface area contributed by atoms with Gasteiger partial charge in [0.1, 0.15) is 11.6 Å². The number of hydrogen-bond donors (Lipinski definition) is 1. The van der Waals surface area contributed by atoms with E-state index in [0.717, 1.165) is 17.4 Å². The van der Waals surface area contributed by atoms with Crippen LogP contribution in [0.4, 0.5) is 4.39 Å². The van der Waals surface area contributed by atoms with Crippen LogP contribution in [0.25, 0.3) is 0 Å². The third kappa shape index (κ3) is 1.91. The first-order valence-electron chi connectivity index (χ1n) is 6.81. The number of hydrogen-bond acceptors (Lipinski definition) is 2. The van der Waals surface area contributed by atoms with E-state index in [9.17, 15) is 4.39 Å². The third-order valence-electron chi connectivity index (χ3n) is 4.69. The summed E-state index contributed by atoms with van der Waals surface area (Å²) in [6.45, 7) is 0. The number of methoxy groups -OCH3 is 1. The van der Waals surface area contributed by atoms with Crippen LogP contribution in [0.1, 0.15) is 37.3 Å². The molecule has 3 unspecified atom stereocenters. The lowest BCUT2D eigenvalue weighted by Gasteiger charge is -2.16. The van der Waals surface area contributed by atoms with Crippen LogP contribution in [0, 0.1) is 23.6 Å². The van der Waals surface area contributed by atoms with Gasteiger partial charge >= 0.3 is 0 Å². The van der Waals surface area contributed by atoms with Gasteiger partial charge in [-0.15, -0.1) is 0 Å². The molecule has 18 heavy (non-hydrogen) atoms. The Morgan fingerprint density at radius 2 is 1.94 bits per heavy atom. The molecule has 2 nitrogen and oxygen atoms in total. The van der Waals surface area contributed by atoms with Gasteiger partial charge in [0.25, 0.3) is 0 Å². The monoisotopic (exact) mass is 249 g/mol. The Hall–Kier alpha value is -1.09. The molecule has 0 aliphatic heterocycles. The van der Waals surface area contributed by atoms with E-state index < -0.39 is 0 Å². The minimum atomic E-state index is -0.232. The lowest BCUT2D eigenvalue weighted by molar-refractivity contribution is 0.398. The van der Waals surface area contributed by atoms with Crippen molar-refractivity contribution in [2.75, 3.05) is 7.11 Å². The maximum absolute atomic E-state index is 13.4. The van der Waals surface area contributed by atoms with Crippen molar-refractivity contribution >= 4 is 0 Å². The average Bonchev–Trinajstić information content (AvgIpc) is 3.12. The van der Waals surface area contributed by atoms with Gasteiger partial charge in [0.2, 0.25) is 0 Å². The molecule has 3 atom stereocenters. The standard InChI is InChI=1S/C15H20FNO/c1-18-13-7-6-9(16)8-12(13)15(17)14-10-4-2-3-5-11(10)14/h6-8,10-11,14-15H,2-5,17H2,1H3. The summed E-state index contributed by atoms with van der Waals surface area (Å²) in [5.41, 5.74) is 7.19. The lowest BCUT2D eigenvalue weighted by Crippen LogP contribution is -2.15. The van der Waals surface area contributed by atoms with Crippen LogP contribution < -0.4 is 10.5 Å². The molecule has 0 saturated heterocycles. The Labute approximate surface area is 107 Å². The molecule has 0 aromatic heterocycles. The molecular formula is C15H20FNO. The number of nitrogens with two attached hydrogens (primary N) is 1. The van der Waals surface area contributed by atoms with E-state index in [2.05, 4.69) is 0 Å². The van der Waals surface area contributed by atoms with Crippen molar-refractivity contribution in [3.63, 3.8) is 0 Å². The van der Waals surface area contributed by atoms with Gasteiger partial charge in [-0.2, -0.15) is 0 Å². The van der Waals surface area contributed by atoms with Gasteiger partial charge in [-0.1, -0.05) is 12.8 Å². The van der Waals surface area contributed by atoms with Gasteiger partial charge in [0.15, 0.2) is 0 Å². The van der Waals surface area contributed by atoms with Crippen LogP contribution >= 0.6 is 0 Å². The van der Waals surface area contributed by atoms with Crippen LogP contribution in [0.15, 0.2) is 18.2 Å². The smallest absolute Gasteiger partial charge is 0.123 e. The van der Waals surface area contributed by atoms with E-state index in [1.807, 2.05) is 0 Å². The first kappa shape index (κ1) is 12.0. The Balaban J connectivity index is 1.84. The molecule has 3 rings (SSSR count). The molecule has 3 heteroatoms. The van der Waals surface area contributed by atoms with Crippen molar-refractivity contribution in [3.05, 3.63) is 29.6 Å². The molecule has 0 spiro atoms. The summed E-state index contributed by atoms with van der Waals surface area (Å²) in [6, 6.07) is 4.56. The highest BCUT2D eigenvalue weighted by Crippen LogP contribution is 2.60. The summed E-state index contributed by atoms with van der Waals surface area (Å²) in [5, 5.41) is 0. The molecular weight excluding hydrogens is 229 g/mol. The van der Waals surface area contributed by atoms with E-state index in [1.165, 1.54) is 37.8 Å². The van der Waals surface area contributed by atoms with Crippen molar-refractivity contribution in [3.8, 4) is 5.75 Å². The van der Waals surface area contributed by atoms with E-state index in [-0.39, 0.29) is 11.9 Å². The highest BCUT2D eigenvalue weighted by Gasteiger charge is 2.53. The quantitative estimate of drug-likeness (QED) is 0.892. The van der Waals surface area contributed by atoms with Gasteiger partial charge in [-0.05, 0) is 48.8 Å². The van der Waals surface area contributed by atoms with E-state index in [1.54, 1.807) is 13.2 Å². The summed E-state index contributed by atoms with van der Waals surface area (Å²) in [7, 11) is 1.61. The molecule has 2 N–H and O–H groups in total. The fourth-order valence-electron chi connectivity index (χ4n) is 3.75. The topological polar surface area (TPSA) is 35.2 Å². The molecule has 0 heterocycles. The number of fused-ring (bicyclic) bond motifs is 1. The lowest BCUT2D eigenvalue weighted by atomic mass is 9.99. The van der Waals surface area contributed by atoms with Crippen LogP contribution in [0.2, 0.25) is 0 Å². The molecule has 1 aromatic rings. The second kappa shape index (κ2) is 4.54. The summed E-state index contributed by atoms with van der Waals surface area (Å²) >= 11 is 0. The SMILES string of the molecule is COc1ccc(F)cc1C(N)C1C2CCCCC21. The number of rotatable bonds is 3. The predicted molar refractivity (Wildman–Crippen MR) is 68.8 cm³/mol. The van der Waals surface area contributed by atoms with Crippen molar-refractivity contribution in [2.45, 2.75) is 31.7 Å². The first-order valence-corrected chi connectivity index (χ1v) is 6.81. The molecule has 98 valence electrons. The molecule has 0 bridgehead atoms. The van der Waals surface area contributed by atoms with Crippen LogP contribution in [-0.2, 0) is 0 Å². The largest absolute Gasteiger partial charge is 0.496 e. The summed E-state index contributed by atoms with van der Waals surface area (Å²) in [6.07, 6.45) is 5.23. The second-order valence-electron chi connectivity index (χ2n) is 5.60. The van der Waals surface area contributed by atoms with Gasteiger partial charge in [0.05, 0.1) is 7.11 Å². The van der Waals surface area contributed by atoms with Crippen LogP contribution in [0.3, 0.4) is 0 Å². The minimum absolute atomic E-state index is 0.0799. The normalized spacial score (nSPS) is 31.6. The Morgan fingerprint density at radius 3 is 2.56 bits per heavy atom. The number of benzene rings is 1. The van der Waals surface area contributed by atoms with Crippen molar-refractivity contribution < 1.29 is 9.13 Å². The maximum atomic E-state index is 13.4. The zero-order valence-corrected chi connectivity index (χ0v) is 10.7. The molecule has 2 aliphatic rings. The predicted octanol–water partition coefficient (Wildman–Crippen LogP) is 3.27. The Kier molecular flexibility index (Phi) is 3.02. The zero-order chi connectivity index (χ0) is 12.7. The van der Waals surface area contributed by atoms with E-state index in [0.29, 0.717) is 11.7 Å². The second-order valence-corrected chi connectivity index (χ2v) is 5.60. The zero-order valence-electron chi connectivity index (χ0n) is 10.7. The summed E-state index contributed by atoms with van der Waals surface area (Å²) < 4.78 is 18.7.